The van der Waals surface area contributed by atoms with Crippen molar-refractivity contribution in [3.05, 3.63) is 22.2 Å². The highest BCUT2D eigenvalue weighted by molar-refractivity contribution is 8.06. The predicted molar refractivity (Wildman–Crippen MR) is 80.5 cm³/mol. The second-order valence-electron chi connectivity index (χ2n) is 4.25. The van der Waals surface area contributed by atoms with Crippen LogP contribution >= 0.6 is 35.7 Å². The lowest BCUT2D eigenvalue weighted by molar-refractivity contribution is 0.783. The zero-order valence-corrected chi connectivity index (χ0v) is 12.7. The van der Waals surface area contributed by atoms with E-state index in [-0.39, 0.29) is 0 Å². The molecular formula is C12H18N2S3. The number of rotatable bonds is 3. The van der Waals surface area contributed by atoms with Crippen LogP contribution in [-0.2, 0) is 6.42 Å². The molecule has 2 atom stereocenters. The van der Waals surface area contributed by atoms with Crippen molar-refractivity contribution in [3.63, 3.8) is 0 Å². The molecule has 1 aliphatic heterocycles. The second-order valence-corrected chi connectivity index (χ2v) is 7.40. The highest BCUT2D eigenvalue weighted by Crippen LogP contribution is 2.40. The standard InChI is InChI=1S/C12H18N2S3/c1-3-4-9-7-10(15)14-12(13-9)11-8(2)16-5-6-17-11/h7-8,11H,3-6H2,1-2H3,(H,13,14,15). The van der Waals surface area contributed by atoms with Gasteiger partial charge in [0.1, 0.15) is 10.5 Å². The normalized spacial score (nSPS) is 24.8. The van der Waals surface area contributed by atoms with Gasteiger partial charge in [0, 0.05) is 22.4 Å². The van der Waals surface area contributed by atoms with E-state index < -0.39 is 0 Å². The summed E-state index contributed by atoms with van der Waals surface area (Å²) < 4.78 is 0.727. The second kappa shape index (κ2) is 6.25. The van der Waals surface area contributed by atoms with Crippen molar-refractivity contribution in [1.82, 2.24) is 9.97 Å². The molecule has 94 valence electrons. The fourth-order valence-electron chi connectivity index (χ4n) is 2.00. The molecule has 5 heteroatoms. The maximum atomic E-state index is 5.26. The van der Waals surface area contributed by atoms with E-state index in [9.17, 15) is 0 Å². The summed E-state index contributed by atoms with van der Waals surface area (Å²) in [5.74, 6) is 3.53. The van der Waals surface area contributed by atoms with Gasteiger partial charge in [0.2, 0.25) is 0 Å². The van der Waals surface area contributed by atoms with E-state index >= 15 is 0 Å². The Morgan fingerprint density at radius 3 is 2.94 bits per heavy atom. The smallest absolute Gasteiger partial charge is 0.130 e. The molecule has 0 aliphatic carbocycles. The third kappa shape index (κ3) is 3.48. The largest absolute Gasteiger partial charge is 0.346 e. The molecule has 17 heavy (non-hydrogen) atoms. The van der Waals surface area contributed by atoms with Gasteiger partial charge in [-0.2, -0.15) is 11.8 Å². The molecule has 1 aromatic heterocycles. The molecule has 2 unspecified atom stereocenters. The van der Waals surface area contributed by atoms with E-state index in [0.717, 1.165) is 23.3 Å². The summed E-state index contributed by atoms with van der Waals surface area (Å²) in [7, 11) is 0. The van der Waals surface area contributed by atoms with Crippen LogP contribution < -0.4 is 0 Å². The number of nitrogens with zero attached hydrogens (tertiary/aromatic N) is 1. The van der Waals surface area contributed by atoms with Crippen molar-refractivity contribution in [3.8, 4) is 0 Å². The Labute approximate surface area is 116 Å². The first-order chi connectivity index (χ1) is 8.20. The Morgan fingerprint density at radius 2 is 2.24 bits per heavy atom. The number of hydrogen-bond donors (Lipinski definition) is 1. The van der Waals surface area contributed by atoms with Gasteiger partial charge in [-0.25, -0.2) is 4.98 Å². The minimum atomic E-state index is 0.465. The van der Waals surface area contributed by atoms with Gasteiger partial charge < -0.3 is 4.98 Å². The van der Waals surface area contributed by atoms with Crippen LogP contribution in [0.2, 0.25) is 0 Å². The van der Waals surface area contributed by atoms with Crippen LogP contribution in [0.3, 0.4) is 0 Å². The van der Waals surface area contributed by atoms with Crippen molar-refractivity contribution >= 4 is 35.7 Å². The van der Waals surface area contributed by atoms with Crippen LogP contribution in [-0.4, -0.2) is 26.7 Å². The van der Waals surface area contributed by atoms with Crippen molar-refractivity contribution in [2.24, 2.45) is 0 Å². The molecule has 1 saturated heterocycles. The maximum absolute atomic E-state index is 5.26. The molecular weight excluding hydrogens is 268 g/mol. The summed E-state index contributed by atoms with van der Waals surface area (Å²) in [5, 5.41) is 1.08. The average molecular weight is 286 g/mol. The molecule has 0 saturated carbocycles. The number of aromatic nitrogens is 2. The number of hydrogen-bond acceptors (Lipinski definition) is 4. The summed E-state index contributed by atoms with van der Waals surface area (Å²) in [5.41, 5.74) is 1.23. The van der Waals surface area contributed by atoms with E-state index in [1.165, 1.54) is 17.2 Å². The summed E-state index contributed by atoms with van der Waals surface area (Å²) in [6.45, 7) is 4.47. The van der Waals surface area contributed by atoms with Crippen LogP contribution in [0.25, 0.3) is 0 Å². The lowest BCUT2D eigenvalue weighted by Crippen LogP contribution is -2.18. The Hall–Kier alpha value is -0.0000000000000000555. The highest BCUT2D eigenvalue weighted by Gasteiger charge is 2.26. The first-order valence-electron chi connectivity index (χ1n) is 6.04. The lowest BCUT2D eigenvalue weighted by Gasteiger charge is -2.27. The van der Waals surface area contributed by atoms with Gasteiger partial charge >= 0.3 is 0 Å². The first-order valence-corrected chi connectivity index (χ1v) is 8.54. The molecule has 0 bridgehead atoms. The number of nitrogens with one attached hydrogen (secondary N) is 1. The van der Waals surface area contributed by atoms with E-state index in [2.05, 4.69) is 23.8 Å². The Bertz CT molecular complexity index is 430. The molecule has 0 aromatic carbocycles. The number of aromatic amines is 1. The van der Waals surface area contributed by atoms with E-state index in [1.807, 2.05) is 29.6 Å². The van der Waals surface area contributed by atoms with Gasteiger partial charge in [-0.15, -0.1) is 11.8 Å². The molecule has 0 amide bonds. The van der Waals surface area contributed by atoms with Gasteiger partial charge in [-0.05, 0) is 12.5 Å². The fraction of sp³-hybridized carbons (Fsp3) is 0.667. The quantitative estimate of drug-likeness (QED) is 0.850. The van der Waals surface area contributed by atoms with Crippen molar-refractivity contribution in [2.45, 2.75) is 37.2 Å². The minimum Gasteiger partial charge on any atom is -0.346 e. The van der Waals surface area contributed by atoms with Crippen molar-refractivity contribution < 1.29 is 0 Å². The molecule has 2 heterocycles. The molecule has 1 aliphatic rings. The third-order valence-corrected chi connectivity index (χ3v) is 6.10. The maximum Gasteiger partial charge on any atom is 0.130 e. The van der Waals surface area contributed by atoms with Gasteiger partial charge in [0.05, 0.1) is 5.25 Å². The third-order valence-electron chi connectivity index (χ3n) is 2.79. The van der Waals surface area contributed by atoms with Crippen molar-refractivity contribution in [1.29, 1.82) is 0 Å². The van der Waals surface area contributed by atoms with E-state index in [1.54, 1.807) is 0 Å². The van der Waals surface area contributed by atoms with Crippen LogP contribution in [0.1, 0.15) is 37.0 Å². The predicted octanol–water partition coefficient (Wildman–Crippen LogP) is 4.00. The molecule has 0 spiro atoms. The molecule has 2 nitrogen and oxygen atoms in total. The van der Waals surface area contributed by atoms with Gasteiger partial charge in [0.25, 0.3) is 0 Å². The summed E-state index contributed by atoms with van der Waals surface area (Å²) in [6.07, 6.45) is 2.19. The zero-order chi connectivity index (χ0) is 12.3. The SMILES string of the molecule is CCCc1cc(=S)nc(C2SCCSC2C)[nH]1. The Balaban J connectivity index is 2.27. The van der Waals surface area contributed by atoms with Crippen molar-refractivity contribution in [2.75, 3.05) is 11.5 Å². The van der Waals surface area contributed by atoms with E-state index in [0.29, 0.717) is 10.5 Å². The van der Waals surface area contributed by atoms with Crippen LogP contribution in [0.15, 0.2) is 6.07 Å². The summed E-state index contributed by atoms with van der Waals surface area (Å²) in [4.78, 5) is 7.99. The Kier molecular flexibility index (Phi) is 4.94. The van der Waals surface area contributed by atoms with Gasteiger partial charge in [0.15, 0.2) is 0 Å². The van der Waals surface area contributed by atoms with Crippen LogP contribution in [0, 0.1) is 4.64 Å². The lowest BCUT2D eigenvalue weighted by atomic mass is 10.2. The molecule has 2 rings (SSSR count). The molecule has 1 N–H and O–H groups in total. The average Bonchev–Trinajstić information content (AvgIpc) is 2.29. The zero-order valence-electron chi connectivity index (χ0n) is 10.2. The fourth-order valence-corrected chi connectivity index (χ4v) is 4.95. The minimum absolute atomic E-state index is 0.465. The number of aryl methyl sites for hydroxylation is 1. The Morgan fingerprint density at radius 1 is 1.47 bits per heavy atom. The first kappa shape index (κ1) is 13.4. The molecule has 0 radical (unpaired) electrons. The van der Waals surface area contributed by atoms with Crippen LogP contribution in [0.5, 0.6) is 0 Å². The number of thioether (sulfide) groups is 2. The monoisotopic (exact) mass is 286 g/mol. The molecule has 1 aromatic rings. The summed E-state index contributed by atoms with van der Waals surface area (Å²) >= 11 is 9.29. The highest BCUT2D eigenvalue weighted by atomic mass is 32.2. The van der Waals surface area contributed by atoms with Gasteiger partial charge in [-0.3, -0.25) is 0 Å². The van der Waals surface area contributed by atoms with E-state index in [4.69, 9.17) is 12.2 Å². The molecule has 1 fully saturated rings. The van der Waals surface area contributed by atoms with Crippen LogP contribution in [0.4, 0.5) is 0 Å². The topological polar surface area (TPSA) is 28.7 Å². The van der Waals surface area contributed by atoms with Gasteiger partial charge in [-0.1, -0.05) is 32.5 Å². The summed E-state index contributed by atoms with van der Waals surface area (Å²) in [6, 6.07) is 1.99. The number of H-pyrrole nitrogens is 1.